The van der Waals surface area contributed by atoms with Gasteiger partial charge in [-0.25, -0.2) is 0 Å². The minimum absolute atomic E-state index is 0.260. The molecule has 1 aliphatic carbocycles. The third-order valence-corrected chi connectivity index (χ3v) is 9.99. The average Bonchev–Trinajstić information content (AvgIpc) is 3.55. The lowest BCUT2D eigenvalue weighted by molar-refractivity contribution is 0.714. The molecule has 1 heterocycles. The Hall–Kier alpha value is -5.40. The van der Waals surface area contributed by atoms with Crippen LogP contribution in [0.15, 0.2) is 152 Å². The van der Waals surface area contributed by atoms with Crippen LogP contribution >= 0.6 is 0 Å². The van der Waals surface area contributed by atoms with Crippen LogP contribution in [0, 0.1) is 6.92 Å². The van der Waals surface area contributed by atoms with Gasteiger partial charge in [0, 0.05) is 21.9 Å². The van der Waals surface area contributed by atoms with Gasteiger partial charge in [-0.3, -0.25) is 0 Å². The largest absolute Gasteiger partial charge is 0.309 e. The highest BCUT2D eigenvalue weighted by Crippen LogP contribution is 2.55. The maximum atomic E-state index is 2.46. The number of fused-ring (bicyclic) bond motifs is 8. The van der Waals surface area contributed by atoms with Crippen LogP contribution < -0.4 is 0 Å². The summed E-state index contributed by atoms with van der Waals surface area (Å²) < 4.78 is 2.38. The topological polar surface area (TPSA) is 4.93 Å². The van der Waals surface area contributed by atoms with Gasteiger partial charge in [-0.1, -0.05) is 115 Å². The quantitative estimate of drug-likeness (QED) is 0.202. The van der Waals surface area contributed by atoms with Gasteiger partial charge in [-0.15, -0.1) is 0 Å². The number of hydrogen-bond donors (Lipinski definition) is 0. The number of hydrogen-bond acceptors (Lipinski definition) is 0. The minimum atomic E-state index is -0.260. The number of rotatable bonds is 3. The predicted molar refractivity (Wildman–Crippen MR) is 186 cm³/mol. The number of aromatic nitrogens is 1. The van der Waals surface area contributed by atoms with Crippen LogP contribution in [0.4, 0.5) is 0 Å². The zero-order chi connectivity index (χ0) is 29.4. The molecule has 0 N–H and O–H groups in total. The third-order valence-electron chi connectivity index (χ3n) is 9.99. The molecule has 1 aliphatic rings. The summed E-state index contributed by atoms with van der Waals surface area (Å²) in [5.41, 5.74) is 14.0. The number of aryl methyl sites for hydroxylation is 1. The summed E-state index contributed by atoms with van der Waals surface area (Å²) in [6.45, 7) is 4.67. The van der Waals surface area contributed by atoms with Crippen molar-refractivity contribution in [1.82, 2.24) is 4.57 Å². The summed E-state index contributed by atoms with van der Waals surface area (Å²) in [5, 5.41) is 5.22. The molecule has 44 heavy (non-hydrogen) atoms. The SMILES string of the molecule is Cc1cc2c(c3ccccc13)-c1ccc(-c3ccc4c(c3)c3ccccc3n4-c3ccccc3)cc1C2(C)c1ccccc1. The molecule has 0 saturated carbocycles. The lowest BCUT2D eigenvalue weighted by atomic mass is 9.73. The highest BCUT2D eigenvalue weighted by molar-refractivity contribution is 6.11. The van der Waals surface area contributed by atoms with Crippen molar-refractivity contribution in [2.75, 3.05) is 0 Å². The van der Waals surface area contributed by atoms with E-state index in [-0.39, 0.29) is 5.41 Å². The van der Waals surface area contributed by atoms with Gasteiger partial charge in [-0.2, -0.15) is 0 Å². The molecule has 1 aromatic heterocycles. The fraction of sp³-hybridized carbons (Fsp3) is 0.0698. The normalized spacial score (nSPS) is 15.6. The van der Waals surface area contributed by atoms with Crippen LogP contribution in [0.5, 0.6) is 0 Å². The van der Waals surface area contributed by atoms with Crippen LogP contribution in [-0.2, 0) is 5.41 Å². The van der Waals surface area contributed by atoms with Gasteiger partial charge < -0.3 is 4.57 Å². The van der Waals surface area contributed by atoms with Gasteiger partial charge in [0.2, 0.25) is 0 Å². The fourth-order valence-electron chi connectivity index (χ4n) is 7.83. The Morgan fingerprint density at radius 1 is 0.477 bits per heavy atom. The lowest BCUT2D eigenvalue weighted by Gasteiger charge is -2.29. The van der Waals surface area contributed by atoms with E-state index >= 15 is 0 Å². The smallest absolute Gasteiger partial charge is 0.0541 e. The third kappa shape index (κ3) is 3.41. The maximum absolute atomic E-state index is 2.46. The molecule has 0 radical (unpaired) electrons. The fourth-order valence-corrected chi connectivity index (χ4v) is 7.83. The van der Waals surface area contributed by atoms with Gasteiger partial charge in [0.05, 0.1) is 11.0 Å². The summed E-state index contributed by atoms with van der Waals surface area (Å²) in [4.78, 5) is 0. The first kappa shape index (κ1) is 25.1. The summed E-state index contributed by atoms with van der Waals surface area (Å²) in [7, 11) is 0. The van der Waals surface area contributed by atoms with Crippen molar-refractivity contribution in [3.63, 3.8) is 0 Å². The second kappa shape index (κ2) is 9.30. The van der Waals surface area contributed by atoms with Crippen LogP contribution in [0.25, 0.3) is 60.5 Å². The number of nitrogens with zero attached hydrogens (tertiary/aromatic N) is 1. The summed E-state index contributed by atoms with van der Waals surface area (Å²) in [6.07, 6.45) is 0. The molecule has 9 rings (SSSR count). The van der Waals surface area contributed by atoms with E-state index in [1.165, 1.54) is 82.8 Å². The molecule has 0 saturated heterocycles. The monoisotopic (exact) mass is 561 g/mol. The van der Waals surface area contributed by atoms with E-state index in [4.69, 9.17) is 0 Å². The molecule has 0 fully saturated rings. The molecule has 1 atom stereocenters. The Balaban J connectivity index is 1.29. The van der Waals surface area contributed by atoms with E-state index in [1.807, 2.05) is 0 Å². The van der Waals surface area contributed by atoms with E-state index in [9.17, 15) is 0 Å². The average molecular weight is 562 g/mol. The first-order chi connectivity index (χ1) is 21.6. The van der Waals surface area contributed by atoms with Gasteiger partial charge in [-0.05, 0) is 106 Å². The highest BCUT2D eigenvalue weighted by atomic mass is 15.0. The first-order valence-corrected chi connectivity index (χ1v) is 15.5. The van der Waals surface area contributed by atoms with Crippen molar-refractivity contribution in [2.45, 2.75) is 19.3 Å². The minimum Gasteiger partial charge on any atom is -0.309 e. The Morgan fingerprint density at radius 3 is 1.89 bits per heavy atom. The molecular formula is C43H31N. The maximum Gasteiger partial charge on any atom is 0.0541 e. The molecule has 208 valence electrons. The van der Waals surface area contributed by atoms with Crippen LogP contribution in [0.3, 0.4) is 0 Å². The number of para-hydroxylation sites is 2. The Labute approximate surface area is 257 Å². The van der Waals surface area contributed by atoms with E-state index in [1.54, 1.807) is 0 Å². The van der Waals surface area contributed by atoms with E-state index in [2.05, 4.69) is 170 Å². The van der Waals surface area contributed by atoms with Gasteiger partial charge in [0.1, 0.15) is 0 Å². The van der Waals surface area contributed by atoms with Gasteiger partial charge >= 0.3 is 0 Å². The van der Waals surface area contributed by atoms with E-state index in [0.29, 0.717) is 0 Å². The molecule has 8 aromatic rings. The number of benzene rings is 7. The van der Waals surface area contributed by atoms with E-state index in [0.717, 1.165) is 0 Å². The second-order valence-corrected chi connectivity index (χ2v) is 12.3. The molecule has 7 aromatic carbocycles. The molecule has 0 amide bonds. The van der Waals surface area contributed by atoms with Crippen molar-refractivity contribution in [3.8, 4) is 27.9 Å². The standard InChI is InChI=1S/C43H31N/c1-28-25-39-42(35-19-10-9-17-33(28)35)36-23-21-30(27-38(36)43(39,2)31-13-5-3-6-14-31)29-22-24-41-37(26-29)34-18-11-12-20-40(34)44(41)32-15-7-4-8-16-32/h3-27H,1-2H3. The molecule has 0 bridgehead atoms. The van der Waals surface area contributed by atoms with Crippen LogP contribution in [0.2, 0.25) is 0 Å². The molecule has 1 unspecified atom stereocenters. The Bertz CT molecular complexity index is 2390. The Morgan fingerprint density at radius 2 is 1.09 bits per heavy atom. The van der Waals surface area contributed by atoms with Gasteiger partial charge in [0.25, 0.3) is 0 Å². The summed E-state index contributed by atoms with van der Waals surface area (Å²) in [5.74, 6) is 0. The molecule has 0 spiro atoms. The Kier molecular flexibility index (Phi) is 5.31. The van der Waals surface area contributed by atoms with Crippen LogP contribution in [-0.4, -0.2) is 4.57 Å². The van der Waals surface area contributed by atoms with Gasteiger partial charge in [0.15, 0.2) is 0 Å². The highest BCUT2D eigenvalue weighted by Gasteiger charge is 2.42. The zero-order valence-corrected chi connectivity index (χ0v) is 24.9. The van der Waals surface area contributed by atoms with Crippen molar-refractivity contribution >= 4 is 32.6 Å². The predicted octanol–water partition coefficient (Wildman–Crippen LogP) is 11.2. The van der Waals surface area contributed by atoms with Crippen LogP contribution in [0.1, 0.15) is 29.2 Å². The van der Waals surface area contributed by atoms with Crippen molar-refractivity contribution in [2.24, 2.45) is 0 Å². The van der Waals surface area contributed by atoms with Crippen molar-refractivity contribution in [1.29, 1.82) is 0 Å². The zero-order valence-electron chi connectivity index (χ0n) is 24.9. The summed E-state index contributed by atoms with van der Waals surface area (Å²) >= 11 is 0. The molecule has 1 nitrogen and oxygen atoms in total. The second-order valence-electron chi connectivity index (χ2n) is 12.3. The molecule has 0 aliphatic heterocycles. The van der Waals surface area contributed by atoms with Crippen molar-refractivity contribution in [3.05, 3.63) is 174 Å². The summed E-state index contributed by atoms with van der Waals surface area (Å²) in [6, 6.07) is 56.0. The van der Waals surface area contributed by atoms with Crippen molar-refractivity contribution < 1.29 is 0 Å². The van der Waals surface area contributed by atoms with E-state index < -0.39 is 0 Å². The lowest BCUT2D eigenvalue weighted by Crippen LogP contribution is -2.22. The molecular weight excluding hydrogens is 530 g/mol. The first-order valence-electron chi connectivity index (χ1n) is 15.5. The molecule has 1 heteroatoms.